The first-order valence-corrected chi connectivity index (χ1v) is 6.39. The van der Waals surface area contributed by atoms with Crippen LogP contribution in [0.5, 0.6) is 0 Å². The van der Waals surface area contributed by atoms with E-state index in [0.29, 0.717) is 0 Å². The van der Waals surface area contributed by atoms with Crippen molar-refractivity contribution in [3.8, 4) is 11.1 Å². The van der Waals surface area contributed by atoms with Gasteiger partial charge in [0.2, 0.25) is 0 Å². The van der Waals surface area contributed by atoms with Crippen LogP contribution in [0.4, 0.5) is 0 Å². The second-order valence-electron chi connectivity index (χ2n) is 4.36. The third kappa shape index (κ3) is 3.22. The molecule has 0 bridgehead atoms. The van der Waals surface area contributed by atoms with Gasteiger partial charge >= 0.3 is 0 Å². The molecule has 0 aromatic heterocycles. The molecule has 0 heterocycles. The highest BCUT2D eigenvalue weighted by Crippen LogP contribution is 2.24. The van der Waals surface area contributed by atoms with E-state index in [1.807, 2.05) is 48.5 Å². The van der Waals surface area contributed by atoms with E-state index in [-0.39, 0.29) is 5.78 Å². The van der Waals surface area contributed by atoms with Crippen molar-refractivity contribution in [2.24, 2.45) is 0 Å². The van der Waals surface area contributed by atoms with Gasteiger partial charge in [-0.15, -0.1) is 0 Å². The first-order chi connectivity index (χ1) is 9.11. The zero-order valence-electron chi connectivity index (χ0n) is 10.9. The predicted molar refractivity (Wildman–Crippen MR) is 77.3 cm³/mol. The summed E-state index contributed by atoms with van der Waals surface area (Å²) in [6, 6.07) is 15.4. The largest absolute Gasteiger partial charge is 0.369 e. The molecule has 0 saturated heterocycles. The van der Waals surface area contributed by atoms with E-state index < -0.39 is 6.10 Å². The number of hydrogen-bond donors (Lipinski definition) is 0. The summed E-state index contributed by atoms with van der Waals surface area (Å²) in [6.45, 7) is 1.53. The van der Waals surface area contributed by atoms with E-state index >= 15 is 0 Å². The molecule has 98 valence electrons. The van der Waals surface area contributed by atoms with Crippen LogP contribution in [0, 0.1) is 0 Å². The lowest BCUT2D eigenvalue weighted by atomic mass is 10.0. The van der Waals surface area contributed by atoms with Crippen LogP contribution in [0.15, 0.2) is 48.5 Å². The van der Waals surface area contributed by atoms with Gasteiger partial charge in [0, 0.05) is 12.1 Å². The summed E-state index contributed by atoms with van der Waals surface area (Å²) < 4.78 is 5.19. The van der Waals surface area contributed by atoms with Gasteiger partial charge in [-0.1, -0.05) is 48.0 Å². The van der Waals surface area contributed by atoms with Crippen molar-refractivity contribution in [1.82, 2.24) is 0 Å². The van der Waals surface area contributed by atoms with Gasteiger partial charge in [0.1, 0.15) is 6.10 Å². The molecule has 0 radical (unpaired) electrons. The highest BCUT2D eigenvalue weighted by Gasteiger charge is 2.15. The molecule has 0 aliphatic heterocycles. The number of halogens is 1. The van der Waals surface area contributed by atoms with Crippen LogP contribution in [0.25, 0.3) is 11.1 Å². The number of methoxy groups -OCH3 is 1. The van der Waals surface area contributed by atoms with E-state index in [1.165, 1.54) is 6.92 Å². The van der Waals surface area contributed by atoms with Gasteiger partial charge in [0.15, 0.2) is 5.78 Å². The third-order valence-corrected chi connectivity index (χ3v) is 3.25. The maximum Gasteiger partial charge on any atom is 0.163 e. The quantitative estimate of drug-likeness (QED) is 0.832. The van der Waals surface area contributed by atoms with Gasteiger partial charge < -0.3 is 4.74 Å². The SMILES string of the molecule is COC(C(C)=O)c1ccc(-c2ccc(Cl)cc2)cc1. The van der Waals surface area contributed by atoms with Crippen LogP contribution in [0.2, 0.25) is 5.02 Å². The van der Waals surface area contributed by atoms with Gasteiger partial charge in [-0.25, -0.2) is 0 Å². The summed E-state index contributed by atoms with van der Waals surface area (Å²) in [6.07, 6.45) is -0.487. The Morgan fingerprint density at radius 1 is 1.00 bits per heavy atom. The molecular formula is C16H15ClO2. The lowest BCUT2D eigenvalue weighted by Gasteiger charge is -2.12. The standard InChI is InChI=1S/C16H15ClO2/c1-11(18)16(19-2)14-5-3-12(4-6-14)13-7-9-15(17)10-8-13/h3-10,16H,1-2H3. The number of hydrogen-bond acceptors (Lipinski definition) is 2. The third-order valence-electron chi connectivity index (χ3n) is 3.00. The number of rotatable bonds is 4. The average Bonchev–Trinajstić information content (AvgIpc) is 2.41. The van der Waals surface area contributed by atoms with Gasteiger partial charge in [-0.05, 0) is 35.7 Å². The van der Waals surface area contributed by atoms with E-state index in [2.05, 4.69) is 0 Å². The summed E-state index contributed by atoms with van der Waals surface area (Å²) in [5.74, 6) is 0.00161. The van der Waals surface area contributed by atoms with Crippen molar-refractivity contribution < 1.29 is 9.53 Å². The van der Waals surface area contributed by atoms with Crippen LogP contribution in [0.3, 0.4) is 0 Å². The minimum absolute atomic E-state index is 0.00161. The first kappa shape index (κ1) is 13.8. The second-order valence-corrected chi connectivity index (χ2v) is 4.79. The van der Waals surface area contributed by atoms with Crippen LogP contribution < -0.4 is 0 Å². The Balaban J connectivity index is 2.27. The van der Waals surface area contributed by atoms with E-state index in [9.17, 15) is 4.79 Å². The number of ketones is 1. The monoisotopic (exact) mass is 274 g/mol. The molecular weight excluding hydrogens is 260 g/mol. The Kier molecular flexibility index (Phi) is 4.35. The van der Waals surface area contributed by atoms with E-state index in [4.69, 9.17) is 16.3 Å². The van der Waals surface area contributed by atoms with Gasteiger partial charge in [-0.3, -0.25) is 4.79 Å². The molecule has 2 aromatic rings. The fraction of sp³-hybridized carbons (Fsp3) is 0.188. The van der Waals surface area contributed by atoms with Crippen molar-refractivity contribution in [2.75, 3.05) is 7.11 Å². The first-order valence-electron chi connectivity index (χ1n) is 6.01. The van der Waals surface area contributed by atoms with E-state index in [0.717, 1.165) is 21.7 Å². The predicted octanol–water partition coefficient (Wildman–Crippen LogP) is 4.28. The fourth-order valence-electron chi connectivity index (χ4n) is 2.03. The maximum absolute atomic E-state index is 11.4. The zero-order chi connectivity index (χ0) is 13.8. The molecule has 19 heavy (non-hydrogen) atoms. The summed E-state index contributed by atoms with van der Waals surface area (Å²) >= 11 is 5.87. The van der Waals surface area contributed by atoms with Crippen molar-refractivity contribution >= 4 is 17.4 Å². The zero-order valence-corrected chi connectivity index (χ0v) is 11.6. The number of Topliss-reactive ketones (excluding diaryl/α,β-unsaturated/α-hetero) is 1. The Labute approximate surface area is 118 Å². The summed E-state index contributed by atoms with van der Waals surface area (Å²) in [5, 5.41) is 0.719. The highest BCUT2D eigenvalue weighted by molar-refractivity contribution is 6.30. The normalized spacial score (nSPS) is 12.2. The topological polar surface area (TPSA) is 26.3 Å². The Morgan fingerprint density at radius 2 is 1.47 bits per heavy atom. The minimum atomic E-state index is -0.487. The Hall–Kier alpha value is -1.64. The molecule has 2 aromatic carbocycles. The van der Waals surface area contributed by atoms with Crippen molar-refractivity contribution in [3.63, 3.8) is 0 Å². The van der Waals surface area contributed by atoms with Crippen molar-refractivity contribution in [2.45, 2.75) is 13.0 Å². The average molecular weight is 275 g/mol. The molecule has 1 unspecified atom stereocenters. The molecule has 1 atom stereocenters. The lowest BCUT2D eigenvalue weighted by Crippen LogP contribution is -2.10. The lowest BCUT2D eigenvalue weighted by molar-refractivity contribution is -0.126. The fourth-order valence-corrected chi connectivity index (χ4v) is 2.16. The number of carbonyl (C=O) groups excluding carboxylic acids is 1. The summed E-state index contributed by atoms with van der Waals surface area (Å²) in [5.41, 5.74) is 3.04. The molecule has 0 aliphatic rings. The smallest absolute Gasteiger partial charge is 0.163 e. The molecule has 2 nitrogen and oxygen atoms in total. The van der Waals surface area contributed by atoms with Crippen LogP contribution >= 0.6 is 11.6 Å². The molecule has 2 rings (SSSR count). The molecule has 0 spiro atoms. The van der Waals surface area contributed by atoms with Crippen molar-refractivity contribution in [3.05, 3.63) is 59.1 Å². The second kappa shape index (κ2) is 6.00. The summed E-state index contributed by atoms with van der Waals surface area (Å²) in [7, 11) is 1.54. The van der Waals surface area contributed by atoms with Crippen LogP contribution in [0.1, 0.15) is 18.6 Å². The maximum atomic E-state index is 11.4. The van der Waals surface area contributed by atoms with Gasteiger partial charge in [0.05, 0.1) is 0 Å². The molecule has 0 N–H and O–H groups in total. The van der Waals surface area contributed by atoms with Gasteiger partial charge in [-0.2, -0.15) is 0 Å². The number of ether oxygens (including phenoxy) is 1. The molecule has 0 amide bonds. The highest BCUT2D eigenvalue weighted by atomic mass is 35.5. The minimum Gasteiger partial charge on any atom is -0.369 e. The molecule has 0 aliphatic carbocycles. The molecule has 3 heteroatoms. The van der Waals surface area contributed by atoms with E-state index in [1.54, 1.807) is 7.11 Å². The van der Waals surface area contributed by atoms with Crippen LogP contribution in [-0.4, -0.2) is 12.9 Å². The number of benzene rings is 2. The van der Waals surface area contributed by atoms with Crippen molar-refractivity contribution in [1.29, 1.82) is 0 Å². The number of carbonyl (C=O) groups is 1. The Bertz CT molecular complexity index is 558. The summed E-state index contributed by atoms with van der Waals surface area (Å²) in [4.78, 5) is 11.4. The van der Waals surface area contributed by atoms with Crippen LogP contribution in [-0.2, 0) is 9.53 Å². The van der Waals surface area contributed by atoms with Gasteiger partial charge in [0.25, 0.3) is 0 Å². The molecule has 0 fully saturated rings. The Morgan fingerprint density at radius 3 is 1.89 bits per heavy atom. The molecule has 0 saturated carbocycles.